The van der Waals surface area contributed by atoms with Crippen LogP contribution in [-0.2, 0) is 0 Å². The minimum atomic E-state index is 0.453. The summed E-state index contributed by atoms with van der Waals surface area (Å²) < 4.78 is 1.71. The minimum Gasteiger partial charge on any atom is -0.352 e. The lowest BCUT2D eigenvalue weighted by atomic mass is 9.92. The van der Waals surface area contributed by atoms with Crippen molar-refractivity contribution >= 4 is 23.2 Å². The van der Waals surface area contributed by atoms with Crippen LogP contribution in [0.5, 0.6) is 0 Å². The van der Waals surface area contributed by atoms with Gasteiger partial charge >= 0.3 is 0 Å². The molecule has 0 amide bonds. The summed E-state index contributed by atoms with van der Waals surface area (Å²) in [4.78, 5) is 4.43. The third-order valence-corrected chi connectivity index (χ3v) is 4.23. The zero-order valence-electron chi connectivity index (χ0n) is 10.7. The predicted molar refractivity (Wildman–Crippen MR) is 73.0 cm³/mol. The van der Waals surface area contributed by atoms with Crippen LogP contribution in [0.15, 0.2) is 18.3 Å². The molecular weight excluding hydrogens is 248 g/mol. The second-order valence-electron chi connectivity index (χ2n) is 5.46. The van der Waals surface area contributed by atoms with E-state index in [0.717, 1.165) is 12.2 Å². The molecule has 1 N–H and O–H groups in total. The van der Waals surface area contributed by atoms with Gasteiger partial charge in [-0.15, -0.1) is 5.10 Å². The Morgan fingerprint density at radius 1 is 1.44 bits per heavy atom. The Morgan fingerprint density at radius 3 is 2.89 bits per heavy atom. The fraction of sp³-hybridized carbons (Fsp3) is 0.538. The van der Waals surface area contributed by atoms with Crippen molar-refractivity contribution in [3.05, 3.63) is 23.4 Å². The Kier molecular flexibility index (Phi) is 2.70. The van der Waals surface area contributed by atoms with Crippen LogP contribution in [0.25, 0.3) is 5.65 Å². The molecule has 1 aliphatic rings. The summed E-state index contributed by atoms with van der Waals surface area (Å²) in [6.07, 6.45) is 4.37. The number of halogens is 1. The van der Waals surface area contributed by atoms with Gasteiger partial charge in [0.05, 0.1) is 5.02 Å². The number of fused-ring (bicyclic) bond motifs is 1. The highest BCUT2D eigenvalue weighted by Gasteiger charge is 2.45. The molecule has 18 heavy (non-hydrogen) atoms. The summed E-state index contributed by atoms with van der Waals surface area (Å²) in [5, 5.41) is 8.39. The fourth-order valence-electron chi connectivity index (χ4n) is 2.31. The maximum absolute atomic E-state index is 5.92. The van der Waals surface area contributed by atoms with Crippen molar-refractivity contribution in [3.63, 3.8) is 0 Å². The molecule has 4 nitrogen and oxygen atoms in total. The van der Waals surface area contributed by atoms with Gasteiger partial charge in [-0.05, 0) is 36.3 Å². The molecule has 1 fully saturated rings. The highest BCUT2D eigenvalue weighted by molar-refractivity contribution is 6.30. The van der Waals surface area contributed by atoms with E-state index in [4.69, 9.17) is 11.6 Å². The van der Waals surface area contributed by atoms with E-state index >= 15 is 0 Å². The van der Waals surface area contributed by atoms with Crippen LogP contribution in [-0.4, -0.2) is 21.1 Å². The lowest BCUT2D eigenvalue weighted by molar-refractivity contribution is 0.379. The van der Waals surface area contributed by atoms with E-state index in [1.807, 2.05) is 12.1 Å². The molecule has 0 aromatic carbocycles. The minimum absolute atomic E-state index is 0.453. The Hall–Kier alpha value is -1.29. The number of rotatable bonds is 4. The first-order valence-electron chi connectivity index (χ1n) is 6.35. The molecular formula is C13H17ClN4. The normalized spacial score (nSPS) is 17.3. The van der Waals surface area contributed by atoms with Gasteiger partial charge < -0.3 is 5.32 Å². The number of hydrogen-bond donors (Lipinski definition) is 1. The van der Waals surface area contributed by atoms with Crippen molar-refractivity contribution in [2.45, 2.75) is 26.7 Å². The maximum atomic E-state index is 5.92. The van der Waals surface area contributed by atoms with Gasteiger partial charge in [-0.1, -0.05) is 25.4 Å². The Bertz CT molecular complexity index is 571. The van der Waals surface area contributed by atoms with Gasteiger partial charge in [-0.3, -0.25) is 0 Å². The van der Waals surface area contributed by atoms with Crippen molar-refractivity contribution in [1.29, 1.82) is 0 Å². The van der Waals surface area contributed by atoms with Crippen LogP contribution in [0.4, 0.5) is 5.95 Å². The van der Waals surface area contributed by atoms with Gasteiger partial charge in [0.1, 0.15) is 0 Å². The van der Waals surface area contributed by atoms with Crippen molar-refractivity contribution < 1.29 is 0 Å². The number of anilines is 1. The van der Waals surface area contributed by atoms with Crippen molar-refractivity contribution in [2.75, 3.05) is 11.9 Å². The third kappa shape index (κ3) is 2.05. The summed E-state index contributed by atoms with van der Waals surface area (Å²) in [5.74, 6) is 1.39. The standard InChI is InChI=1S/C13H17ClN4/c1-9(2)13(5-6-13)8-15-12-16-11-4-3-10(14)7-18(11)17-12/h3-4,7,9H,5-6,8H2,1-2H3,(H,15,17). The van der Waals surface area contributed by atoms with Crippen LogP contribution in [0, 0.1) is 11.3 Å². The number of aromatic nitrogens is 3. The zero-order valence-corrected chi connectivity index (χ0v) is 11.4. The van der Waals surface area contributed by atoms with E-state index in [2.05, 4.69) is 29.2 Å². The lowest BCUT2D eigenvalue weighted by Gasteiger charge is -2.19. The monoisotopic (exact) mass is 264 g/mol. The molecule has 0 spiro atoms. The first-order chi connectivity index (χ1) is 8.59. The van der Waals surface area contributed by atoms with E-state index in [1.165, 1.54) is 12.8 Å². The topological polar surface area (TPSA) is 42.2 Å². The van der Waals surface area contributed by atoms with Gasteiger partial charge in [-0.2, -0.15) is 4.98 Å². The summed E-state index contributed by atoms with van der Waals surface area (Å²) in [7, 11) is 0. The molecule has 0 aliphatic heterocycles. The van der Waals surface area contributed by atoms with E-state index in [9.17, 15) is 0 Å². The summed E-state index contributed by atoms with van der Waals surface area (Å²) in [6.45, 7) is 5.52. The molecule has 0 saturated heterocycles. The van der Waals surface area contributed by atoms with E-state index in [1.54, 1.807) is 10.7 Å². The van der Waals surface area contributed by atoms with E-state index in [-0.39, 0.29) is 0 Å². The van der Waals surface area contributed by atoms with Gasteiger partial charge in [0.25, 0.3) is 0 Å². The SMILES string of the molecule is CC(C)C1(CNc2nc3ccc(Cl)cn3n2)CC1. The molecule has 2 aromatic heterocycles. The molecule has 2 aromatic rings. The van der Waals surface area contributed by atoms with Crippen LogP contribution >= 0.6 is 11.6 Å². The zero-order chi connectivity index (χ0) is 12.8. The summed E-state index contributed by atoms with van der Waals surface area (Å²) >= 11 is 5.92. The van der Waals surface area contributed by atoms with Crippen LogP contribution in [0.3, 0.4) is 0 Å². The van der Waals surface area contributed by atoms with Gasteiger partial charge in [0, 0.05) is 12.7 Å². The van der Waals surface area contributed by atoms with E-state index in [0.29, 0.717) is 22.3 Å². The Balaban J connectivity index is 1.75. The average Bonchev–Trinajstić information content (AvgIpc) is 3.02. The number of nitrogens with zero attached hydrogens (tertiary/aromatic N) is 3. The molecule has 0 unspecified atom stereocenters. The quantitative estimate of drug-likeness (QED) is 0.922. The Labute approximate surface area is 111 Å². The van der Waals surface area contributed by atoms with Gasteiger partial charge in [0.15, 0.2) is 5.65 Å². The molecule has 96 valence electrons. The molecule has 0 atom stereocenters. The second kappa shape index (κ2) is 4.12. The number of hydrogen-bond acceptors (Lipinski definition) is 3. The fourth-order valence-corrected chi connectivity index (χ4v) is 2.46. The average molecular weight is 265 g/mol. The molecule has 5 heteroatoms. The number of nitrogens with one attached hydrogen (secondary N) is 1. The molecule has 1 aliphatic carbocycles. The summed E-state index contributed by atoms with van der Waals surface area (Å²) in [6, 6.07) is 3.70. The third-order valence-electron chi connectivity index (χ3n) is 4.01. The van der Waals surface area contributed by atoms with Gasteiger partial charge in [-0.25, -0.2) is 4.52 Å². The molecule has 0 radical (unpaired) electrons. The van der Waals surface area contributed by atoms with E-state index < -0.39 is 0 Å². The molecule has 0 bridgehead atoms. The Morgan fingerprint density at radius 2 is 2.22 bits per heavy atom. The maximum Gasteiger partial charge on any atom is 0.243 e. The van der Waals surface area contributed by atoms with Crippen molar-refractivity contribution in [1.82, 2.24) is 14.6 Å². The van der Waals surface area contributed by atoms with Crippen LogP contribution < -0.4 is 5.32 Å². The highest BCUT2D eigenvalue weighted by atomic mass is 35.5. The van der Waals surface area contributed by atoms with Gasteiger partial charge in [0.2, 0.25) is 5.95 Å². The van der Waals surface area contributed by atoms with Crippen LogP contribution in [0.2, 0.25) is 5.02 Å². The van der Waals surface area contributed by atoms with Crippen molar-refractivity contribution in [2.24, 2.45) is 11.3 Å². The highest BCUT2D eigenvalue weighted by Crippen LogP contribution is 2.51. The number of pyridine rings is 1. The van der Waals surface area contributed by atoms with Crippen LogP contribution in [0.1, 0.15) is 26.7 Å². The molecule has 3 rings (SSSR count). The smallest absolute Gasteiger partial charge is 0.243 e. The lowest BCUT2D eigenvalue weighted by Crippen LogP contribution is -2.21. The second-order valence-corrected chi connectivity index (χ2v) is 5.89. The van der Waals surface area contributed by atoms with Crippen molar-refractivity contribution in [3.8, 4) is 0 Å². The first-order valence-corrected chi connectivity index (χ1v) is 6.73. The largest absolute Gasteiger partial charge is 0.352 e. The molecule has 2 heterocycles. The predicted octanol–water partition coefficient (Wildman–Crippen LogP) is 3.23. The first kappa shape index (κ1) is 11.8. The summed E-state index contributed by atoms with van der Waals surface area (Å²) in [5.41, 5.74) is 1.27. The molecule has 1 saturated carbocycles.